The molecule has 6 nitrogen and oxygen atoms in total. The summed E-state index contributed by atoms with van der Waals surface area (Å²) in [6.45, 7) is 0. The molecule has 0 fully saturated rings. The second-order valence-electron chi connectivity index (χ2n) is 14.6. The van der Waals surface area contributed by atoms with E-state index in [9.17, 15) is 0 Å². The number of benzene rings is 8. The Balaban J connectivity index is 1.01. The van der Waals surface area contributed by atoms with Crippen molar-refractivity contribution >= 4 is 77.4 Å². The van der Waals surface area contributed by atoms with E-state index in [0.29, 0.717) is 5.84 Å². The lowest BCUT2D eigenvalue weighted by Crippen LogP contribution is -2.33. The third kappa shape index (κ3) is 4.97. The van der Waals surface area contributed by atoms with Gasteiger partial charge in [-0.2, -0.15) is 0 Å². The monoisotopic (exact) mass is 732 g/mol. The van der Waals surface area contributed by atoms with Crippen LogP contribution in [0.5, 0.6) is 0 Å². The van der Waals surface area contributed by atoms with Gasteiger partial charge in [0, 0.05) is 54.7 Å². The molecule has 1 N–H and O–H groups in total. The van der Waals surface area contributed by atoms with E-state index in [1.165, 1.54) is 21.8 Å². The highest BCUT2D eigenvalue weighted by Gasteiger charge is 2.24. The Morgan fingerprint density at radius 1 is 0.474 bits per heavy atom. The topological polar surface area (TPSA) is 68.0 Å². The first-order valence-electron chi connectivity index (χ1n) is 19.2. The Labute approximate surface area is 326 Å². The van der Waals surface area contributed by atoms with Crippen LogP contribution in [0.1, 0.15) is 22.9 Å². The van der Waals surface area contributed by atoms with Gasteiger partial charge in [-0.3, -0.25) is 0 Å². The largest absolute Gasteiger partial charge is 0.456 e. The molecule has 1 atom stereocenters. The minimum absolute atomic E-state index is 0.364. The normalized spacial score (nSPS) is 14.5. The van der Waals surface area contributed by atoms with Crippen LogP contribution in [0, 0.1) is 0 Å². The number of hydrogen-bond donors (Lipinski definition) is 1. The molecule has 1 unspecified atom stereocenters. The first-order valence-corrected chi connectivity index (χ1v) is 19.2. The average Bonchev–Trinajstić information content (AvgIpc) is 3.96. The predicted molar refractivity (Wildman–Crippen MR) is 233 cm³/mol. The smallest absolute Gasteiger partial charge is 0.159 e. The summed E-state index contributed by atoms with van der Waals surface area (Å²) in [7, 11) is 0. The van der Waals surface area contributed by atoms with Crippen LogP contribution >= 0.6 is 0 Å². The summed E-state index contributed by atoms with van der Waals surface area (Å²) in [6, 6.07) is 63.2. The molecule has 1 aliphatic rings. The van der Waals surface area contributed by atoms with Gasteiger partial charge in [0.15, 0.2) is 5.84 Å². The van der Waals surface area contributed by atoms with Gasteiger partial charge in [0.05, 0.1) is 11.0 Å². The van der Waals surface area contributed by atoms with Crippen LogP contribution in [0.15, 0.2) is 201 Å². The zero-order chi connectivity index (χ0) is 37.5. The Morgan fingerprint density at radius 3 is 1.91 bits per heavy atom. The summed E-state index contributed by atoms with van der Waals surface area (Å²) < 4.78 is 15.6. The van der Waals surface area contributed by atoms with E-state index >= 15 is 0 Å². The van der Waals surface area contributed by atoms with E-state index in [1.54, 1.807) is 0 Å². The molecule has 0 saturated heterocycles. The number of aromatic nitrogens is 1. The van der Waals surface area contributed by atoms with Crippen LogP contribution in [0.3, 0.4) is 0 Å². The van der Waals surface area contributed by atoms with Gasteiger partial charge in [-0.1, -0.05) is 133 Å². The van der Waals surface area contributed by atoms with Crippen LogP contribution in [0.25, 0.3) is 82.5 Å². The molecule has 1 aliphatic heterocycles. The zero-order valence-electron chi connectivity index (χ0n) is 30.6. The van der Waals surface area contributed by atoms with E-state index in [4.69, 9.17) is 18.8 Å². The fourth-order valence-electron chi connectivity index (χ4n) is 8.66. The van der Waals surface area contributed by atoms with Crippen molar-refractivity contribution in [2.24, 2.45) is 9.98 Å². The Morgan fingerprint density at radius 2 is 1.12 bits per heavy atom. The van der Waals surface area contributed by atoms with Gasteiger partial charge in [-0.05, 0) is 59.7 Å². The lowest BCUT2D eigenvalue weighted by Gasteiger charge is -2.23. The Hall–Kier alpha value is -7.70. The standard InChI is InChI=1S/C51H32N4O2/c1-3-13-31(14-4-1)49-52-50(32-15-5-2-6-16-32)54-51(53-49)33-25-27-45-41(29-33)47-37(19-12-24-46(47)56-45)38-20-11-21-39-40-30-34(26-28-44(40)57-48(38)39)55-42-22-9-7-17-35(42)36-18-8-10-23-43(36)55/h1-30,51H,(H,52,53,54). The minimum Gasteiger partial charge on any atom is -0.456 e. The number of furan rings is 2. The summed E-state index contributed by atoms with van der Waals surface area (Å²) in [5.41, 5.74) is 11.8. The van der Waals surface area contributed by atoms with Crippen molar-refractivity contribution < 1.29 is 8.83 Å². The molecule has 3 aromatic heterocycles. The molecule has 0 spiro atoms. The number of rotatable bonds is 5. The molecule has 8 aromatic carbocycles. The van der Waals surface area contributed by atoms with Crippen LogP contribution in [0.4, 0.5) is 0 Å². The van der Waals surface area contributed by atoms with Crippen molar-refractivity contribution in [1.29, 1.82) is 0 Å². The van der Waals surface area contributed by atoms with Gasteiger partial charge < -0.3 is 18.7 Å². The van der Waals surface area contributed by atoms with Gasteiger partial charge >= 0.3 is 0 Å². The second kappa shape index (κ2) is 12.4. The molecule has 6 heteroatoms. The van der Waals surface area contributed by atoms with Crippen molar-refractivity contribution in [2.75, 3.05) is 0 Å². The predicted octanol–water partition coefficient (Wildman–Crippen LogP) is 12.7. The van der Waals surface area contributed by atoms with Crippen molar-refractivity contribution in [3.63, 3.8) is 0 Å². The minimum atomic E-state index is -0.364. The summed E-state index contributed by atoms with van der Waals surface area (Å²) in [4.78, 5) is 10.1. The second-order valence-corrected chi connectivity index (χ2v) is 14.6. The summed E-state index contributed by atoms with van der Waals surface area (Å²) in [6.07, 6.45) is -0.364. The molecule has 0 radical (unpaired) electrons. The number of nitrogens with zero attached hydrogens (tertiary/aromatic N) is 3. The summed E-state index contributed by atoms with van der Waals surface area (Å²) >= 11 is 0. The number of nitrogens with one attached hydrogen (secondary N) is 1. The third-order valence-corrected chi connectivity index (χ3v) is 11.3. The zero-order valence-corrected chi connectivity index (χ0v) is 30.6. The highest BCUT2D eigenvalue weighted by molar-refractivity contribution is 6.18. The highest BCUT2D eigenvalue weighted by Crippen LogP contribution is 2.43. The third-order valence-electron chi connectivity index (χ3n) is 11.3. The lowest BCUT2D eigenvalue weighted by molar-refractivity contribution is 0.663. The molecule has 268 valence electrons. The van der Waals surface area contributed by atoms with E-state index in [-0.39, 0.29) is 6.17 Å². The molecular formula is C51H32N4O2. The van der Waals surface area contributed by atoms with E-state index in [2.05, 4.69) is 149 Å². The van der Waals surface area contributed by atoms with Crippen LogP contribution in [-0.4, -0.2) is 16.2 Å². The maximum Gasteiger partial charge on any atom is 0.159 e. The molecule has 0 aliphatic carbocycles. The number of hydrogen-bond acceptors (Lipinski definition) is 5. The van der Waals surface area contributed by atoms with Gasteiger partial charge in [0.25, 0.3) is 0 Å². The first-order chi connectivity index (χ1) is 28.2. The molecule has 11 aromatic rings. The van der Waals surface area contributed by atoms with Gasteiger partial charge in [0.1, 0.15) is 34.3 Å². The van der Waals surface area contributed by atoms with E-state index in [1.807, 2.05) is 42.5 Å². The molecule has 0 saturated carbocycles. The number of amidine groups is 2. The SMILES string of the molecule is c1ccc(C2=NC(c3ccc4oc5cccc(-c6cccc7c6oc6ccc(-n8c9ccccc9c9ccccc98)cc67)c5c4c3)NC(c3ccccc3)=N2)cc1. The van der Waals surface area contributed by atoms with Gasteiger partial charge in [-0.25, -0.2) is 9.98 Å². The molecule has 57 heavy (non-hydrogen) atoms. The van der Waals surface area contributed by atoms with Gasteiger partial charge in [-0.15, -0.1) is 0 Å². The lowest BCUT2D eigenvalue weighted by atomic mass is 9.96. The Bertz CT molecular complexity index is 3390. The number of para-hydroxylation sites is 3. The van der Waals surface area contributed by atoms with Crippen molar-refractivity contribution in [3.8, 4) is 16.8 Å². The maximum atomic E-state index is 6.77. The average molecular weight is 733 g/mol. The Kier molecular flexibility index (Phi) is 6.89. The van der Waals surface area contributed by atoms with Crippen molar-refractivity contribution in [1.82, 2.24) is 9.88 Å². The molecular weight excluding hydrogens is 701 g/mol. The van der Waals surface area contributed by atoms with Crippen LogP contribution in [0.2, 0.25) is 0 Å². The van der Waals surface area contributed by atoms with E-state index < -0.39 is 0 Å². The molecule has 12 rings (SSSR count). The number of fused-ring (bicyclic) bond motifs is 9. The fourth-order valence-corrected chi connectivity index (χ4v) is 8.66. The summed E-state index contributed by atoms with van der Waals surface area (Å²) in [5.74, 6) is 1.47. The van der Waals surface area contributed by atoms with Crippen LogP contribution in [-0.2, 0) is 0 Å². The first kappa shape index (κ1) is 31.6. The van der Waals surface area contributed by atoms with Crippen LogP contribution < -0.4 is 5.32 Å². The molecule has 0 bridgehead atoms. The number of aliphatic imine (C=N–C) groups is 2. The van der Waals surface area contributed by atoms with Gasteiger partial charge in [0.2, 0.25) is 0 Å². The maximum absolute atomic E-state index is 6.77. The fraction of sp³-hybridized carbons (Fsp3) is 0.0196. The molecule has 0 amide bonds. The highest BCUT2D eigenvalue weighted by atomic mass is 16.3. The molecule has 4 heterocycles. The van der Waals surface area contributed by atoms with E-state index in [0.717, 1.165) is 83.2 Å². The van der Waals surface area contributed by atoms with Crippen molar-refractivity contribution in [3.05, 3.63) is 199 Å². The quantitative estimate of drug-likeness (QED) is 0.192. The summed E-state index contributed by atoms with van der Waals surface area (Å²) in [5, 5.41) is 10.3. The van der Waals surface area contributed by atoms with Crippen molar-refractivity contribution in [2.45, 2.75) is 6.17 Å².